The van der Waals surface area contributed by atoms with Crippen molar-refractivity contribution in [3.05, 3.63) is 6.33 Å². The zero-order valence-corrected chi connectivity index (χ0v) is 10.3. The molecule has 7 heteroatoms. The van der Waals surface area contributed by atoms with E-state index < -0.39 is 0 Å². The van der Waals surface area contributed by atoms with E-state index in [2.05, 4.69) is 9.97 Å². The second-order valence-electron chi connectivity index (χ2n) is 3.75. The van der Waals surface area contributed by atoms with E-state index in [-0.39, 0.29) is 30.8 Å². The summed E-state index contributed by atoms with van der Waals surface area (Å²) < 4.78 is 5.42. The van der Waals surface area contributed by atoms with Crippen LogP contribution < -0.4 is 15.4 Å². The zero-order chi connectivity index (χ0) is 13.5. The van der Waals surface area contributed by atoms with Crippen molar-refractivity contribution in [1.82, 2.24) is 9.97 Å². The fourth-order valence-corrected chi connectivity index (χ4v) is 1.32. The number of nitrogens with two attached hydrogens (primary N) is 1. The van der Waals surface area contributed by atoms with Gasteiger partial charge in [-0.05, 0) is 13.8 Å². The monoisotopic (exact) mass is 246 g/mol. The Hall–Kier alpha value is -2.54. The summed E-state index contributed by atoms with van der Waals surface area (Å²) in [5, 5.41) is 17.4. The van der Waals surface area contributed by atoms with Crippen LogP contribution in [0.1, 0.15) is 13.8 Å². The average Bonchev–Trinajstić information content (AvgIpc) is 2.31. The number of hydrogen-bond donors (Lipinski definition) is 1. The Bertz CT molecular complexity index is 471. The summed E-state index contributed by atoms with van der Waals surface area (Å²) in [5.41, 5.74) is 6.12. The predicted octanol–water partition coefficient (Wildman–Crippen LogP) is 0.700. The van der Waals surface area contributed by atoms with Gasteiger partial charge in [0.2, 0.25) is 5.88 Å². The molecule has 0 atom stereocenters. The Labute approximate surface area is 105 Å². The van der Waals surface area contributed by atoms with Crippen molar-refractivity contribution in [2.45, 2.75) is 20.0 Å². The van der Waals surface area contributed by atoms with Crippen LogP contribution in [0.15, 0.2) is 6.33 Å². The minimum absolute atomic E-state index is 0.0237. The number of nitriles is 2. The molecule has 1 aromatic heterocycles. The van der Waals surface area contributed by atoms with E-state index in [4.69, 9.17) is 21.0 Å². The fraction of sp³-hybridized carbons (Fsp3) is 0.455. The Morgan fingerprint density at radius 1 is 1.33 bits per heavy atom. The maximum absolute atomic E-state index is 8.71. The fourth-order valence-electron chi connectivity index (χ4n) is 1.32. The van der Waals surface area contributed by atoms with E-state index in [9.17, 15) is 0 Å². The molecular weight excluding hydrogens is 232 g/mol. The van der Waals surface area contributed by atoms with Crippen molar-refractivity contribution in [2.24, 2.45) is 0 Å². The third kappa shape index (κ3) is 3.22. The Morgan fingerprint density at radius 2 is 1.94 bits per heavy atom. The number of nitrogens with zero attached hydrogens (tertiary/aromatic N) is 5. The van der Waals surface area contributed by atoms with Crippen LogP contribution in [-0.2, 0) is 0 Å². The van der Waals surface area contributed by atoms with E-state index in [1.165, 1.54) is 11.2 Å². The summed E-state index contributed by atoms with van der Waals surface area (Å²) in [5.74, 6) is 0.597. The summed E-state index contributed by atoms with van der Waals surface area (Å²) in [4.78, 5) is 9.38. The topological polar surface area (TPSA) is 112 Å². The van der Waals surface area contributed by atoms with Gasteiger partial charge < -0.3 is 15.4 Å². The van der Waals surface area contributed by atoms with Gasteiger partial charge in [-0.3, -0.25) is 0 Å². The van der Waals surface area contributed by atoms with E-state index in [1.807, 2.05) is 26.0 Å². The first-order valence-electron chi connectivity index (χ1n) is 5.36. The third-order valence-corrected chi connectivity index (χ3v) is 2.00. The van der Waals surface area contributed by atoms with Gasteiger partial charge in [0.05, 0.1) is 18.2 Å². The Morgan fingerprint density at radius 3 is 2.44 bits per heavy atom. The van der Waals surface area contributed by atoms with Crippen LogP contribution in [0.2, 0.25) is 0 Å². The number of anilines is 2. The zero-order valence-electron chi connectivity index (χ0n) is 10.3. The van der Waals surface area contributed by atoms with Crippen LogP contribution in [0.3, 0.4) is 0 Å². The highest BCUT2D eigenvalue weighted by Gasteiger charge is 2.16. The average molecular weight is 246 g/mol. The second-order valence-corrected chi connectivity index (χ2v) is 3.75. The van der Waals surface area contributed by atoms with Crippen LogP contribution >= 0.6 is 0 Å². The molecule has 1 rings (SSSR count). The van der Waals surface area contributed by atoms with Gasteiger partial charge in [-0.1, -0.05) is 0 Å². The van der Waals surface area contributed by atoms with Crippen LogP contribution in [-0.4, -0.2) is 29.2 Å². The lowest BCUT2D eigenvalue weighted by atomic mass is 10.4. The number of rotatable bonds is 5. The Kier molecular flexibility index (Phi) is 4.70. The lowest BCUT2D eigenvalue weighted by molar-refractivity contribution is 0.234. The number of hydrogen-bond acceptors (Lipinski definition) is 7. The van der Waals surface area contributed by atoms with Crippen molar-refractivity contribution < 1.29 is 4.74 Å². The summed E-state index contributed by atoms with van der Waals surface area (Å²) in [7, 11) is 0. The van der Waals surface area contributed by atoms with Gasteiger partial charge in [0.15, 0.2) is 5.82 Å². The first kappa shape index (κ1) is 13.5. The quantitative estimate of drug-likeness (QED) is 0.761. The van der Waals surface area contributed by atoms with E-state index in [0.29, 0.717) is 5.82 Å². The molecule has 1 heterocycles. The van der Waals surface area contributed by atoms with Crippen molar-refractivity contribution in [3.63, 3.8) is 0 Å². The molecule has 0 radical (unpaired) electrons. The molecular formula is C11H14N6O. The smallest absolute Gasteiger partial charge is 0.242 e. The predicted molar refractivity (Wildman–Crippen MR) is 65.6 cm³/mol. The van der Waals surface area contributed by atoms with Gasteiger partial charge in [-0.2, -0.15) is 15.5 Å². The largest absolute Gasteiger partial charge is 0.473 e. The summed E-state index contributed by atoms with van der Waals surface area (Å²) >= 11 is 0. The molecule has 0 aliphatic carbocycles. The highest BCUT2D eigenvalue weighted by molar-refractivity contribution is 5.68. The molecule has 0 saturated carbocycles. The molecule has 94 valence electrons. The maximum Gasteiger partial charge on any atom is 0.242 e. The number of nitrogen functional groups attached to an aromatic ring is 1. The normalized spacial score (nSPS) is 9.61. The van der Waals surface area contributed by atoms with Crippen molar-refractivity contribution in [2.75, 3.05) is 23.7 Å². The van der Waals surface area contributed by atoms with E-state index in [1.54, 1.807) is 0 Å². The summed E-state index contributed by atoms with van der Waals surface area (Å²) in [6, 6.07) is 3.91. The molecule has 0 amide bonds. The summed E-state index contributed by atoms with van der Waals surface area (Å²) in [6.07, 6.45) is 1.22. The van der Waals surface area contributed by atoms with Crippen LogP contribution in [0.5, 0.6) is 5.88 Å². The first-order valence-corrected chi connectivity index (χ1v) is 5.36. The van der Waals surface area contributed by atoms with Crippen molar-refractivity contribution >= 4 is 11.5 Å². The van der Waals surface area contributed by atoms with Gasteiger partial charge >= 0.3 is 0 Å². The molecule has 0 fully saturated rings. The lowest BCUT2D eigenvalue weighted by Crippen LogP contribution is -2.26. The molecule has 0 bridgehead atoms. The van der Waals surface area contributed by atoms with E-state index in [0.717, 1.165) is 0 Å². The highest BCUT2D eigenvalue weighted by Crippen LogP contribution is 2.28. The lowest BCUT2D eigenvalue weighted by Gasteiger charge is -2.20. The second kappa shape index (κ2) is 6.26. The molecule has 0 aromatic carbocycles. The SMILES string of the molecule is CC(C)Oc1ncnc(N(CC#N)CC#N)c1N. The molecule has 0 aliphatic rings. The van der Waals surface area contributed by atoms with Crippen LogP contribution in [0.4, 0.5) is 11.5 Å². The van der Waals surface area contributed by atoms with Crippen LogP contribution in [0.25, 0.3) is 0 Å². The van der Waals surface area contributed by atoms with Gasteiger partial charge in [0, 0.05) is 0 Å². The third-order valence-electron chi connectivity index (χ3n) is 2.00. The van der Waals surface area contributed by atoms with Gasteiger partial charge in [0.1, 0.15) is 25.1 Å². The van der Waals surface area contributed by atoms with E-state index >= 15 is 0 Å². The first-order chi connectivity index (χ1) is 8.60. The van der Waals surface area contributed by atoms with Crippen molar-refractivity contribution in [1.29, 1.82) is 10.5 Å². The molecule has 0 spiro atoms. The Balaban J connectivity index is 3.08. The minimum Gasteiger partial charge on any atom is -0.473 e. The van der Waals surface area contributed by atoms with Crippen molar-refractivity contribution in [3.8, 4) is 18.0 Å². The minimum atomic E-state index is -0.0737. The van der Waals surface area contributed by atoms with Gasteiger partial charge in [-0.15, -0.1) is 0 Å². The molecule has 18 heavy (non-hydrogen) atoms. The molecule has 0 saturated heterocycles. The molecule has 2 N–H and O–H groups in total. The number of aromatic nitrogens is 2. The summed E-state index contributed by atoms with van der Waals surface area (Å²) in [6.45, 7) is 3.75. The van der Waals surface area contributed by atoms with Gasteiger partial charge in [0.25, 0.3) is 0 Å². The molecule has 0 aliphatic heterocycles. The molecule has 7 nitrogen and oxygen atoms in total. The maximum atomic E-state index is 8.71. The highest BCUT2D eigenvalue weighted by atomic mass is 16.5. The molecule has 0 unspecified atom stereocenters. The van der Waals surface area contributed by atoms with Crippen LogP contribution in [0, 0.1) is 22.7 Å². The molecule has 1 aromatic rings. The number of ether oxygens (including phenoxy) is 1. The van der Waals surface area contributed by atoms with Gasteiger partial charge in [-0.25, -0.2) is 4.98 Å². The standard InChI is InChI=1S/C11H14N6O/c1-8(2)18-11-9(14)10(15-7-16-11)17(5-3-12)6-4-13/h7-8H,5-6,14H2,1-2H3.